The molecule has 5 heteroatoms. The second-order valence-corrected chi connectivity index (χ2v) is 6.30. The van der Waals surface area contributed by atoms with Crippen LogP contribution in [-0.4, -0.2) is 45.7 Å². The van der Waals surface area contributed by atoms with Crippen LogP contribution in [0.4, 0.5) is 0 Å². The minimum atomic E-state index is -2.73. The molecule has 0 aromatic carbocycles. The van der Waals surface area contributed by atoms with Crippen LogP contribution in [0.3, 0.4) is 0 Å². The van der Waals surface area contributed by atoms with Crippen LogP contribution in [0.5, 0.6) is 0 Å². The van der Waals surface area contributed by atoms with Gasteiger partial charge in [0.25, 0.3) is 0 Å². The Kier molecular flexibility index (Phi) is 5.56. The molecule has 1 N–H and O–H groups in total. The van der Waals surface area contributed by atoms with Gasteiger partial charge in [0.1, 0.15) is 9.84 Å². The lowest BCUT2D eigenvalue weighted by Crippen LogP contribution is -2.39. The third kappa shape index (κ3) is 5.49. The van der Waals surface area contributed by atoms with E-state index in [2.05, 4.69) is 12.2 Å². The Balaban J connectivity index is 2.04. The summed E-state index contributed by atoms with van der Waals surface area (Å²) in [5.74, 6) is 0.668. The lowest BCUT2D eigenvalue weighted by atomic mass is 10.1. The zero-order valence-corrected chi connectivity index (χ0v) is 10.2. The van der Waals surface area contributed by atoms with Crippen LogP contribution in [0.15, 0.2) is 0 Å². The highest BCUT2D eigenvalue weighted by molar-refractivity contribution is 7.91. The summed E-state index contributed by atoms with van der Waals surface area (Å²) < 4.78 is 27.7. The van der Waals surface area contributed by atoms with E-state index in [-0.39, 0.29) is 0 Å². The first-order valence-corrected chi connectivity index (χ1v) is 7.48. The van der Waals surface area contributed by atoms with Crippen molar-refractivity contribution in [2.24, 2.45) is 0 Å². The van der Waals surface area contributed by atoms with Gasteiger partial charge in [0.05, 0.1) is 18.1 Å². The highest BCUT2D eigenvalue weighted by Gasteiger charge is 2.22. The van der Waals surface area contributed by atoms with Crippen LogP contribution in [0.1, 0.15) is 26.2 Å². The molecule has 0 bridgehead atoms. The first kappa shape index (κ1) is 12.9. The summed E-state index contributed by atoms with van der Waals surface area (Å²) in [5, 5.41) is 3.33. The van der Waals surface area contributed by atoms with Gasteiger partial charge >= 0.3 is 0 Å². The van der Waals surface area contributed by atoms with Crippen molar-refractivity contribution in [3.05, 3.63) is 0 Å². The number of rotatable bonds is 6. The van der Waals surface area contributed by atoms with Crippen LogP contribution >= 0.6 is 0 Å². The van der Waals surface area contributed by atoms with Crippen molar-refractivity contribution in [1.82, 2.24) is 5.32 Å². The SMILES string of the molecule is CCCOCCNC1CCS(=O)(=O)CC1. The maximum absolute atomic E-state index is 11.2. The van der Waals surface area contributed by atoms with E-state index in [1.807, 2.05) is 0 Å². The molecular weight excluding hydrogens is 214 g/mol. The second kappa shape index (κ2) is 6.45. The summed E-state index contributed by atoms with van der Waals surface area (Å²) in [4.78, 5) is 0. The largest absolute Gasteiger partial charge is 0.380 e. The number of hydrogen-bond donors (Lipinski definition) is 1. The average molecular weight is 235 g/mol. The van der Waals surface area contributed by atoms with E-state index in [4.69, 9.17) is 4.74 Å². The van der Waals surface area contributed by atoms with Crippen LogP contribution in [0.25, 0.3) is 0 Å². The van der Waals surface area contributed by atoms with E-state index in [0.717, 1.165) is 39.0 Å². The predicted molar refractivity (Wildman–Crippen MR) is 60.8 cm³/mol. The monoisotopic (exact) mass is 235 g/mol. The first-order valence-electron chi connectivity index (χ1n) is 5.65. The topological polar surface area (TPSA) is 55.4 Å². The van der Waals surface area contributed by atoms with Crippen LogP contribution in [0.2, 0.25) is 0 Å². The molecule has 1 fully saturated rings. The van der Waals surface area contributed by atoms with Gasteiger partial charge in [0.2, 0.25) is 0 Å². The molecule has 0 spiro atoms. The third-order valence-corrected chi connectivity index (χ3v) is 4.30. The summed E-state index contributed by atoms with van der Waals surface area (Å²) in [6.07, 6.45) is 2.54. The highest BCUT2D eigenvalue weighted by atomic mass is 32.2. The molecule has 1 heterocycles. The molecule has 0 radical (unpaired) electrons. The average Bonchev–Trinajstić information content (AvgIpc) is 2.20. The fraction of sp³-hybridized carbons (Fsp3) is 1.00. The third-order valence-electron chi connectivity index (χ3n) is 2.58. The Morgan fingerprint density at radius 1 is 1.27 bits per heavy atom. The molecule has 0 aromatic rings. The van der Waals surface area contributed by atoms with Gasteiger partial charge in [-0.25, -0.2) is 8.42 Å². The molecule has 4 nitrogen and oxygen atoms in total. The van der Waals surface area contributed by atoms with E-state index in [1.54, 1.807) is 0 Å². The molecule has 0 unspecified atom stereocenters. The molecule has 1 saturated heterocycles. The van der Waals surface area contributed by atoms with E-state index < -0.39 is 9.84 Å². The Hall–Kier alpha value is -0.130. The number of nitrogens with one attached hydrogen (secondary N) is 1. The minimum Gasteiger partial charge on any atom is -0.380 e. The lowest BCUT2D eigenvalue weighted by molar-refractivity contribution is 0.134. The summed E-state index contributed by atoms with van der Waals surface area (Å²) in [5.41, 5.74) is 0. The van der Waals surface area contributed by atoms with Gasteiger partial charge in [0, 0.05) is 19.2 Å². The van der Waals surface area contributed by atoms with E-state index in [0.29, 0.717) is 17.5 Å². The molecule has 15 heavy (non-hydrogen) atoms. The predicted octanol–water partition coefficient (Wildman–Crippen LogP) is 0.580. The van der Waals surface area contributed by atoms with Crippen molar-refractivity contribution >= 4 is 9.84 Å². The van der Waals surface area contributed by atoms with Crippen molar-refractivity contribution < 1.29 is 13.2 Å². The molecule has 0 saturated carbocycles. The Labute approximate surface area is 92.3 Å². The first-order chi connectivity index (χ1) is 7.14. The molecule has 1 aliphatic rings. The summed E-state index contributed by atoms with van der Waals surface area (Å²) in [6.45, 7) is 4.43. The van der Waals surface area contributed by atoms with Crippen molar-refractivity contribution in [2.45, 2.75) is 32.2 Å². The summed E-state index contributed by atoms with van der Waals surface area (Å²) in [6, 6.07) is 0.360. The zero-order chi connectivity index (χ0) is 11.1. The quantitative estimate of drug-likeness (QED) is 0.684. The lowest BCUT2D eigenvalue weighted by Gasteiger charge is -2.22. The molecule has 0 aliphatic carbocycles. The van der Waals surface area contributed by atoms with E-state index in [9.17, 15) is 8.42 Å². The van der Waals surface area contributed by atoms with Crippen molar-refractivity contribution in [3.8, 4) is 0 Å². The number of ether oxygens (including phenoxy) is 1. The normalized spacial score (nSPS) is 21.7. The maximum atomic E-state index is 11.2. The second-order valence-electron chi connectivity index (χ2n) is 3.99. The fourth-order valence-corrected chi connectivity index (χ4v) is 3.17. The fourth-order valence-electron chi connectivity index (χ4n) is 1.68. The summed E-state index contributed by atoms with van der Waals surface area (Å²) >= 11 is 0. The molecular formula is C10H21NO3S. The van der Waals surface area contributed by atoms with E-state index in [1.165, 1.54) is 0 Å². The molecule has 0 amide bonds. The van der Waals surface area contributed by atoms with Gasteiger partial charge in [-0.15, -0.1) is 0 Å². The van der Waals surface area contributed by atoms with Gasteiger partial charge in [-0.1, -0.05) is 6.92 Å². The minimum absolute atomic E-state index is 0.334. The van der Waals surface area contributed by atoms with E-state index >= 15 is 0 Å². The molecule has 1 aliphatic heterocycles. The Morgan fingerprint density at radius 3 is 2.53 bits per heavy atom. The van der Waals surface area contributed by atoms with Crippen LogP contribution < -0.4 is 5.32 Å². The Morgan fingerprint density at radius 2 is 1.93 bits per heavy atom. The van der Waals surface area contributed by atoms with Gasteiger partial charge in [0.15, 0.2) is 0 Å². The maximum Gasteiger partial charge on any atom is 0.150 e. The van der Waals surface area contributed by atoms with Crippen LogP contribution in [0, 0.1) is 0 Å². The molecule has 0 aromatic heterocycles. The summed E-state index contributed by atoms with van der Waals surface area (Å²) in [7, 11) is -2.73. The standard InChI is InChI=1S/C10H21NO3S/c1-2-6-14-7-5-11-10-3-8-15(12,13)9-4-10/h10-11H,2-9H2,1H3. The Bertz CT molecular complexity index is 250. The highest BCUT2D eigenvalue weighted by Crippen LogP contribution is 2.11. The van der Waals surface area contributed by atoms with Gasteiger partial charge in [-0.05, 0) is 19.3 Å². The van der Waals surface area contributed by atoms with Gasteiger partial charge in [-0.2, -0.15) is 0 Å². The molecule has 1 rings (SSSR count). The van der Waals surface area contributed by atoms with Gasteiger partial charge in [-0.3, -0.25) is 0 Å². The number of sulfone groups is 1. The van der Waals surface area contributed by atoms with Crippen molar-refractivity contribution in [1.29, 1.82) is 0 Å². The zero-order valence-electron chi connectivity index (χ0n) is 9.37. The van der Waals surface area contributed by atoms with Gasteiger partial charge < -0.3 is 10.1 Å². The molecule has 90 valence electrons. The smallest absolute Gasteiger partial charge is 0.150 e. The molecule has 0 atom stereocenters. The van der Waals surface area contributed by atoms with Crippen molar-refractivity contribution in [2.75, 3.05) is 31.3 Å². The van der Waals surface area contributed by atoms with Crippen LogP contribution in [-0.2, 0) is 14.6 Å². The number of hydrogen-bond acceptors (Lipinski definition) is 4. The van der Waals surface area contributed by atoms with Crippen molar-refractivity contribution in [3.63, 3.8) is 0 Å².